The lowest BCUT2D eigenvalue weighted by Crippen LogP contribution is -2.30. The van der Waals surface area contributed by atoms with Crippen molar-refractivity contribution < 1.29 is 24.2 Å². The topological polar surface area (TPSA) is 83.9 Å². The van der Waals surface area contributed by atoms with Crippen LogP contribution in [0.2, 0.25) is 0 Å². The molecule has 0 saturated carbocycles. The molecule has 6 nitrogen and oxygen atoms in total. The summed E-state index contributed by atoms with van der Waals surface area (Å²) in [5, 5.41) is 10.3. The summed E-state index contributed by atoms with van der Waals surface area (Å²) in [6.45, 7) is 3.30. The molecule has 0 bridgehead atoms. The number of amides is 1. The van der Waals surface area contributed by atoms with Crippen molar-refractivity contribution in [1.29, 1.82) is 0 Å². The molecular weight excluding hydrogens is 426 g/mol. The van der Waals surface area contributed by atoms with E-state index in [1.54, 1.807) is 55.5 Å². The minimum absolute atomic E-state index is 0.0433. The van der Waals surface area contributed by atoms with Gasteiger partial charge in [-0.15, -0.1) is 0 Å². The quantitative estimate of drug-likeness (QED) is 0.702. The maximum Gasteiger partial charge on any atom is 0.338 e. The Morgan fingerprint density at radius 2 is 1.71 bits per heavy atom. The number of nitrogens with zero attached hydrogens (tertiary/aromatic N) is 1. The Bertz CT molecular complexity index is 963. The van der Waals surface area contributed by atoms with Gasteiger partial charge in [0.05, 0.1) is 23.8 Å². The van der Waals surface area contributed by atoms with Crippen LogP contribution in [0.15, 0.2) is 64.3 Å². The third kappa shape index (κ3) is 3.57. The molecule has 1 aliphatic heterocycles. The van der Waals surface area contributed by atoms with E-state index in [9.17, 15) is 19.5 Å². The van der Waals surface area contributed by atoms with Crippen LogP contribution in [0.4, 0.5) is 5.69 Å². The number of anilines is 1. The lowest BCUT2D eigenvalue weighted by molar-refractivity contribution is -0.117. The molecule has 2 aromatic rings. The average molecular weight is 444 g/mol. The second-order valence-corrected chi connectivity index (χ2v) is 7.13. The van der Waals surface area contributed by atoms with E-state index in [1.165, 1.54) is 11.8 Å². The van der Waals surface area contributed by atoms with Gasteiger partial charge in [-0.2, -0.15) is 0 Å². The highest BCUT2D eigenvalue weighted by Gasteiger charge is 2.43. The number of carbonyl (C=O) groups excluding carboxylic acids is 3. The van der Waals surface area contributed by atoms with Gasteiger partial charge in [-0.3, -0.25) is 14.5 Å². The summed E-state index contributed by atoms with van der Waals surface area (Å²) in [6.07, 6.45) is 0. The summed E-state index contributed by atoms with van der Waals surface area (Å²) in [5.41, 5.74) is 1.53. The predicted octanol–water partition coefficient (Wildman–Crippen LogP) is 4.11. The number of hydrogen-bond acceptors (Lipinski definition) is 5. The lowest BCUT2D eigenvalue weighted by atomic mass is 9.96. The number of halogens is 1. The number of rotatable bonds is 5. The zero-order valence-electron chi connectivity index (χ0n) is 15.3. The molecule has 2 aromatic carbocycles. The van der Waals surface area contributed by atoms with Crippen LogP contribution in [0.25, 0.3) is 0 Å². The van der Waals surface area contributed by atoms with Crippen LogP contribution in [0, 0.1) is 0 Å². The Balaban J connectivity index is 2.05. The van der Waals surface area contributed by atoms with Gasteiger partial charge in [0.15, 0.2) is 11.5 Å². The number of benzene rings is 2. The summed E-state index contributed by atoms with van der Waals surface area (Å²) in [4.78, 5) is 38.1. The molecule has 7 heteroatoms. The number of ketones is 1. The Kier molecular flexibility index (Phi) is 5.65. The van der Waals surface area contributed by atoms with Gasteiger partial charge in [-0.25, -0.2) is 4.79 Å². The largest absolute Gasteiger partial charge is 0.503 e. The van der Waals surface area contributed by atoms with E-state index >= 15 is 0 Å². The highest BCUT2D eigenvalue weighted by atomic mass is 79.9. The molecule has 3 rings (SSSR count). The molecule has 1 atom stereocenters. The van der Waals surface area contributed by atoms with E-state index < -0.39 is 23.7 Å². The van der Waals surface area contributed by atoms with Crippen molar-refractivity contribution in [3.05, 3.63) is 75.5 Å². The molecular formula is C21H18BrNO5. The van der Waals surface area contributed by atoms with Gasteiger partial charge < -0.3 is 9.84 Å². The highest BCUT2D eigenvalue weighted by Crippen LogP contribution is 2.41. The molecule has 1 N–H and O–H groups in total. The fraction of sp³-hybridized carbons (Fsp3) is 0.190. The van der Waals surface area contributed by atoms with E-state index in [4.69, 9.17) is 4.74 Å². The molecule has 0 saturated heterocycles. The number of Topliss-reactive ketones (excluding diaryl/α,β-unsaturated/α-hetero) is 1. The Hall–Kier alpha value is -2.93. The van der Waals surface area contributed by atoms with Crippen LogP contribution in [-0.2, 0) is 14.3 Å². The van der Waals surface area contributed by atoms with Gasteiger partial charge in [-0.1, -0.05) is 28.1 Å². The summed E-state index contributed by atoms with van der Waals surface area (Å²) < 4.78 is 5.82. The zero-order valence-corrected chi connectivity index (χ0v) is 16.9. The van der Waals surface area contributed by atoms with Crippen molar-refractivity contribution in [3.8, 4) is 0 Å². The molecule has 0 aliphatic carbocycles. The number of ether oxygens (including phenoxy) is 1. The first kappa shape index (κ1) is 19.8. The summed E-state index contributed by atoms with van der Waals surface area (Å²) in [7, 11) is 0. The average Bonchev–Trinajstić information content (AvgIpc) is 2.94. The molecule has 0 radical (unpaired) electrons. The van der Waals surface area contributed by atoms with Crippen LogP contribution in [0.5, 0.6) is 0 Å². The normalized spacial score (nSPS) is 16.5. The van der Waals surface area contributed by atoms with Crippen LogP contribution >= 0.6 is 15.9 Å². The molecule has 1 unspecified atom stereocenters. The first-order chi connectivity index (χ1) is 13.3. The zero-order chi connectivity index (χ0) is 20.4. The van der Waals surface area contributed by atoms with Crippen molar-refractivity contribution >= 4 is 39.3 Å². The van der Waals surface area contributed by atoms with Crippen molar-refractivity contribution in [3.63, 3.8) is 0 Å². The second kappa shape index (κ2) is 7.98. The smallest absolute Gasteiger partial charge is 0.338 e. The van der Waals surface area contributed by atoms with Gasteiger partial charge >= 0.3 is 5.97 Å². The SMILES string of the molecule is CCOC(=O)c1ccc(N2C(=O)C(O)=C(C(C)=O)C2c2ccc(Br)cc2)cc1. The molecule has 0 spiro atoms. The van der Waals surface area contributed by atoms with Crippen molar-refractivity contribution in [2.24, 2.45) is 0 Å². The lowest BCUT2D eigenvalue weighted by Gasteiger charge is -2.26. The highest BCUT2D eigenvalue weighted by molar-refractivity contribution is 9.10. The van der Waals surface area contributed by atoms with Crippen molar-refractivity contribution in [2.45, 2.75) is 19.9 Å². The van der Waals surface area contributed by atoms with Gasteiger partial charge in [0.1, 0.15) is 0 Å². The van der Waals surface area contributed by atoms with Gasteiger partial charge in [0.25, 0.3) is 5.91 Å². The van der Waals surface area contributed by atoms with Crippen LogP contribution in [0.1, 0.15) is 35.8 Å². The summed E-state index contributed by atoms with van der Waals surface area (Å²) in [6, 6.07) is 12.7. The van der Waals surface area contributed by atoms with E-state index in [1.807, 2.05) is 0 Å². The minimum atomic E-state index is -0.758. The van der Waals surface area contributed by atoms with E-state index in [2.05, 4.69) is 15.9 Å². The van der Waals surface area contributed by atoms with E-state index in [0.717, 1.165) is 4.47 Å². The number of esters is 1. The third-order valence-corrected chi connectivity index (χ3v) is 4.96. The Morgan fingerprint density at radius 3 is 2.25 bits per heavy atom. The Labute approximate surface area is 170 Å². The number of aliphatic hydroxyl groups excluding tert-OH is 1. The van der Waals surface area contributed by atoms with Crippen LogP contribution < -0.4 is 4.90 Å². The second-order valence-electron chi connectivity index (χ2n) is 6.22. The maximum atomic E-state index is 12.8. The molecule has 1 aliphatic rings. The third-order valence-electron chi connectivity index (χ3n) is 4.43. The fourth-order valence-electron chi connectivity index (χ4n) is 3.16. The maximum absolute atomic E-state index is 12.8. The number of hydrogen-bond donors (Lipinski definition) is 1. The van der Waals surface area contributed by atoms with Gasteiger partial charge in [-0.05, 0) is 55.8 Å². The molecule has 0 fully saturated rings. The van der Waals surface area contributed by atoms with E-state index in [0.29, 0.717) is 16.8 Å². The first-order valence-corrected chi connectivity index (χ1v) is 9.44. The summed E-state index contributed by atoms with van der Waals surface area (Å²) >= 11 is 3.36. The fourth-order valence-corrected chi connectivity index (χ4v) is 3.43. The van der Waals surface area contributed by atoms with Crippen molar-refractivity contribution in [1.82, 2.24) is 0 Å². The monoisotopic (exact) mass is 443 g/mol. The molecule has 144 valence electrons. The van der Waals surface area contributed by atoms with Gasteiger partial charge in [0.2, 0.25) is 0 Å². The minimum Gasteiger partial charge on any atom is -0.503 e. The molecule has 1 amide bonds. The van der Waals surface area contributed by atoms with Crippen LogP contribution in [-0.4, -0.2) is 29.4 Å². The first-order valence-electron chi connectivity index (χ1n) is 8.65. The molecule has 0 aromatic heterocycles. The van der Waals surface area contributed by atoms with Crippen LogP contribution in [0.3, 0.4) is 0 Å². The number of aliphatic hydroxyl groups is 1. The van der Waals surface area contributed by atoms with Crippen molar-refractivity contribution in [2.75, 3.05) is 11.5 Å². The molecule has 1 heterocycles. The molecule has 28 heavy (non-hydrogen) atoms. The predicted molar refractivity (Wildman–Crippen MR) is 107 cm³/mol. The number of carbonyl (C=O) groups is 3. The standard InChI is InChI=1S/C21H18BrNO5/c1-3-28-21(27)14-6-10-16(11-7-14)23-18(13-4-8-15(22)9-5-13)17(12(2)24)19(25)20(23)26/h4-11,18,25H,3H2,1-2H3. The Morgan fingerprint density at radius 1 is 1.11 bits per heavy atom. The van der Waals surface area contributed by atoms with E-state index in [-0.39, 0.29) is 18.0 Å². The van der Waals surface area contributed by atoms with Gasteiger partial charge in [0, 0.05) is 10.2 Å². The summed E-state index contributed by atoms with van der Waals surface area (Å²) in [5.74, 6) is -2.07.